The Morgan fingerprint density at radius 3 is 2.19 bits per heavy atom. The van der Waals surface area contributed by atoms with E-state index in [2.05, 4.69) is 13.1 Å². The molecule has 1 aromatic heterocycles. The minimum Gasteiger partial charge on any atom is -0.756 e. The predicted molar refractivity (Wildman–Crippen MR) is 120 cm³/mol. The number of ether oxygens (including phenoxy) is 1. The van der Waals surface area contributed by atoms with Gasteiger partial charge in [0.25, 0.3) is 29.0 Å². The van der Waals surface area contributed by atoms with Crippen molar-refractivity contribution >= 4 is 34.2 Å². The first-order valence-electron chi connectivity index (χ1n) is 8.95. The summed E-state index contributed by atoms with van der Waals surface area (Å²) in [5, 5.41) is 21.4. The van der Waals surface area contributed by atoms with Crippen LogP contribution in [0.15, 0.2) is 35.3 Å². The highest BCUT2D eigenvalue weighted by Gasteiger charge is 2.44. The summed E-state index contributed by atoms with van der Waals surface area (Å²) in [6.07, 6.45) is -5.21. The van der Waals surface area contributed by atoms with Crippen LogP contribution in [0.1, 0.15) is 11.8 Å². The third-order valence-corrected chi connectivity index (χ3v) is 8.19. The molecule has 0 radical (unpaired) electrons. The third-order valence-electron chi connectivity index (χ3n) is 4.50. The molecule has 0 saturated carbocycles. The normalized spacial score (nSPS) is 26.4. The van der Waals surface area contributed by atoms with Crippen LogP contribution < -0.4 is 38.7 Å². The van der Waals surface area contributed by atoms with Gasteiger partial charge in [-0.2, -0.15) is 0 Å². The van der Waals surface area contributed by atoms with Crippen LogP contribution >= 0.6 is 23.5 Å². The Bertz CT molecular complexity index is 1250. The van der Waals surface area contributed by atoms with Crippen LogP contribution in [0.3, 0.4) is 0 Å². The van der Waals surface area contributed by atoms with Gasteiger partial charge in [0.15, 0.2) is 6.23 Å². The number of hydrogen-bond donors (Lipinski definition) is 6. The van der Waals surface area contributed by atoms with E-state index in [1.807, 2.05) is 0 Å². The first kappa shape index (κ1) is 34.6. The van der Waals surface area contributed by atoms with Crippen LogP contribution in [0.4, 0.5) is 0 Å². The number of rotatable bonds is 8. The summed E-state index contributed by atoms with van der Waals surface area (Å²) in [6.45, 7) is 0.672. The summed E-state index contributed by atoms with van der Waals surface area (Å²) in [4.78, 5) is 54.5. The minimum absolute atomic E-state index is 0. The number of nitrogens with zero attached hydrogens (tertiary/aromatic N) is 1. The lowest BCUT2D eigenvalue weighted by Gasteiger charge is -2.33. The lowest BCUT2D eigenvalue weighted by Crippen LogP contribution is -2.35. The van der Waals surface area contributed by atoms with E-state index in [0.717, 1.165) is 10.1 Å². The number of hydrogen-bond acceptors (Lipinski definition) is 13. The van der Waals surface area contributed by atoms with E-state index < -0.39 is 60.2 Å². The second kappa shape index (κ2) is 12.4. The van der Waals surface area contributed by atoms with Crippen LogP contribution in [0.25, 0.3) is 10.8 Å². The average Bonchev–Trinajstić information content (AvgIpc) is 2.93. The van der Waals surface area contributed by atoms with Crippen molar-refractivity contribution in [3.05, 3.63) is 46.4 Å². The zero-order valence-corrected chi connectivity index (χ0v) is 22.2. The molecule has 208 valence electrons. The van der Waals surface area contributed by atoms with E-state index >= 15 is 0 Å². The molecule has 1 aliphatic heterocycles. The highest BCUT2D eigenvalue weighted by Crippen LogP contribution is 2.61. The van der Waals surface area contributed by atoms with Crippen molar-refractivity contribution < 1.29 is 61.4 Å². The molecule has 1 aromatic carbocycles. The first-order chi connectivity index (χ1) is 15.1. The number of pyridine rings is 1. The fourth-order valence-electron chi connectivity index (χ4n) is 3.12. The number of aromatic nitrogens is 1. The molecule has 1 aliphatic rings. The molecular weight excluding hydrogens is 553 g/mol. The summed E-state index contributed by atoms with van der Waals surface area (Å²) < 4.78 is 50.5. The number of fused-ring (bicyclic) bond motifs is 1. The van der Waals surface area contributed by atoms with E-state index in [1.165, 1.54) is 6.20 Å². The summed E-state index contributed by atoms with van der Waals surface area (Å²) in [6, 6.07) is 6.66. The molecule has 21 heteroatoms. The van der Waals surface area contributed by atoms with Crippen LogP contribution in [-0.2, 0) is 31.6 Å². The largest absolute Gasteiger partial charge is 0.756 e. The molecule has 1 saturated heterocycles. The molecule has 2 heterocycles. The van der Waals surface area contributed by atoms with Gasteiger partial charge in [-0.1, -0.05) is 17.7 Å². The molecule has 7 atom stereocenters. The van der Waals surface area contributed by atoms with Gasteiger partial charge in [0.1, 0.15) is 18.3 Å². The monoisotopic (exact) mass is 582 g/mol. The second-order valence-corrected chi connectivity index (χ2v) is 11.3. The summed E-state index contributed by atoms with van der Waals surface area (Å²) >= 11 is 0. The van der Waals surface area contributed by atoms with Crippen molar-refractivity contribution in [2.24, 2.45) is 0 Å². The van der Waals surface area contributed by atoms with Crippen molar-refractivity contribution in [3.8, 4) is 0 Å². The number of phosphoric ester groups is 1. The number of quaternary nitrogens is 3. The Kier molecular flexibility index (Phi) is 11.9. The molecule has 1 fully saturated rings. The standard InChI is InChI=1S/C15H20NO14P3.3H3N/c1-8-2-3-9-4-5-16(14(19)10(9)6-8)15-13(18)12(17)11(28-15)7-27-32(23,24)30-33(25,26)29-31(20,21)22;;;/h2-6,11-13,15,17-18H,7H2,1H3,(H,23,24)(H,25,26)(H2,20,21,22);3*1H3/t11-,12-,13-,15-;;;/m1.../s1. The number of aryl methyl sites for hydroxylation is 1. The van der Waals surface area contributed by atoms with Crippen LogP contribution in [0, 0.1) is 6.92 Å². The summed E-state index contributed by atoms with van der Waals surface area (Å²) in [5.74, 6) is 0. The Balaban J connectivity index is 0.00000408. The molecule has 15 N–H and O–H groups in total. The van der Waals surface area contributed by atoms with E-state index in [-0.39, 0.29) is 18.5 Å². The molecule has 36 heavy (non-hydrogen) atoms. The van der Waals surface area contributed by atoms with Gasteiger partial charge < -0.3 is 57.5 Å². The second-order valence-electron chi connectivity index (χ2n) is 6.99. The first-order valence-corrected chi connectivity index (χ1v) is 13.4. The van der Waals surface area contributed by atoms with Crippen molar-refractivity contribution in [2.75, 3.05) is 6.61 Å². The van der Waals surface area contributed by atoms with E-state index in [1.54, 1.807) is 31.2 Å². The summed E-state index contributed by atoms with van der Waals surface area (Å²) in [7, 11) is -17.8. The topological polar surface area (TPSA) is 350 Å². The summed E-state index contributed by atoms with van der Waals surface area (Å²) in [5.41, 5.74) is 0.222. The molecule has 0 bridgehead atoms. The van der Waals surface area contributed by atoms with Gasteiger partial charge in [0.05, 0.1) is 6.61 Å². The molecule has 2 aromatic rings. The number of benzene rings is 1. The SMILES string of the molecule is Cc1ccc2ccn([C@@H]3O[C@H](COP(=O)([O-])OP(=O)([O-])OP(=O)([O-])O)[C@@H](O)[C@H]3O)c(=O)c2c1.[NH4+].[NH4+].[NH4+]. The van der Waals surface area contributed by atoms with Crippen LogP contribution in [-0.4, -0.2) is 44.6 Å². The Morgan fingerprint density at radius 1 is 1.00 bits per heavy atom. The number of aliphatic hydroxyl groups is 2. The molecular formula is C15H29N4O14P3. The number of aliphatic hydroxyl groups excluding tert-OH is 2. The van der Waals surface area contributed by atoms with Gasteiger partial charge in [0.2, 0.25) is 0 Å². The van der Waals surface area contributed by atoms with Crippen molar-refractivity contribution in [2.45, 2.75) is 31.5 Å². The zero-order valence-electron chi connectivity index (χ0n) is 19.5. The maximum Gasteiger partial charge on any atom is 0.280 e. The Morgan fingerprint density at radius 2 is 1.61 bits per heavy atom. The molecule has 3 rings (SSSR count). The fourth-order valence-corrected chi connectivity index (χ4v) is 6.01. The van der Waals surface area contributed by atoms with E-state index in [0.29, 0.717) is 10.8 Å². The smallest absolute Gasteiger partial charge is 0.280 e. The molecule has 18 nitrogen and oxygen atoms in total. The predicted octanol–water partition coefficient (Wildman–Crippen LogP) is -0.495. The highest BCUT2D eigenvalue weighted by molar-refractivity contribution is 7.65. The molecule has 3 unspecified atom stereocenters. The lowest BCUT2D eigenvalue weighted by molar-refractivity contribution is -0.250. The van der Waals surface area contributed by atoms with Crippen LogP contribution in [0.2, 0.25) is 0 Å². The van der Waals surface area contributed by atoms with Crippen molar-refractivity contribution in [1.29, 1.82) is 0 Å². The van der Waals surface area contributed by atoms with Crippen LogP contribution in [0.5, 0.6) is 0 Å². The minimum atomic E-state index is -6.09. The average molecular weight is 582 g/mol. The highest BCUT2D eigenvalue weighted by atomic mass is 31.3. The zero-order chi connectivity index (χ0) is 24.8. The fraction of sp³-hybridized carbons (Fsp3) is 0.400. The lowest BCUT2D eigenvalue weighted by atomic mass is 10.1. The van der Waals surface area contributed by atoms with Gasteiger partial charge in [-0.25, -0.2) is 8.62 Å². The van der Waals surface area contributed by atoms with Crippen molar-refractivity contribution in [3.63, 3.8) is 0 Å². The quantitative estimate of drug-likeness (QED) is 0.214. The van der Waals surface area contributed by atoms with Crippen molar-refractivity contribution in [1.82, 2.24) is 23.0 Å². The molecule has 0 amide bonds. The van der Waals surface area contributed by atoms with Gasteiger partial charge >= 0.3 is 0 Å². The van der Waals surface area contributed by atoms with Gasteiger partial charge in [-0.05, 0) is 24.4 Å². The van der Waals surface area contributed by atoms with E-state index in [9.17, 15) is 43.4 Å². The molecule has 0 aliphatic carbocycles. The number of phosphoric acid groups is 3. The Hall–Kier alpha value is -1.40. The van der Waals surface area contributed by atoms with Gasteiger partial charge in [-0.15, -0.1) is 0 Å². The van der Waals surface area contributed by atoms with E-state index in [4.69, 9.17) is 9.63 Å². The maximum absolute atomic E-state index is 12.8. The molecule has 0 spiro atoms. The maximum atomic E-state index is 12.8. The van der Waals surface area contributed by atoms with Gasteiger partial charge in [0, 0.05) is 11.6 Å². The Labute approximate surface area is 203 Å². The van der Waals surface area contributed by atoms with Gasteiger partial charge in [-0.3, -0.25) is 23.1 Å². The third kappa shape index (κ3) is 8.31.